The van der Waals surface area contributed by atoms with Gasteiger partial charge in [-0.1, -0.05) is 5.16 Å². The van der Waals surface area contributed by atoms with E-state index in [4.69, 9.17) is 10.9 Å². The molecule has 0 spiro atoms. The Bertz CT molecular complexity index is 302. The molecule has 0 aliphatic carbocycles. The molecule has 0 saturated carbocycles. The van der Waals surface area contributed by atoms with Crippen molar-refractivity contribution in [2.75, 3.05) is 12.3 Å². The first kappa shape index (κ1) is 11.6. The molecule has 90 valence electrons. The van der Waals surface area contributed by atoms with Crippen molar-refractivity contribution in [3.05, 3.63) is 0 Å². The van der Waals surface area contributed by atoms with Crippen LogP contribution in [-0.2, 0) is 4.79 Å². The van der Waals surface area contributed by atoms with Crippen LogP contribution in [0.15, 0.2) is 5.16 Å². The van der Waals surface area contributed by atoms with E-state index in [1.54, 1.807) is 16.7 Å². The van der Waals surface area contributed by atoms with Gasteiger partial charge in [0.15, 0.2) is 5.84 Å². The van der Waals surface area contributed by atoms with Crippen LogP contribution >= 0.6 is 11.8 Å². The van der Waals surface area contributed by atoms with Crippen molar-refractivity contribution in [2.24, 2.45) is 10.9 Å². The molecule has 0 aromatic heterocycles. The maximum Gasteiger partial charge on any atom is 0.236 e. The summed E-state index contributed by atoms with van der Waals surface area (Å²) in [5.74, 6) is 1.39. The van der Waals surface area contributed by atoms with Gasteiger partial charge in [-0.3, -0.25) is 4.79 Å². The molecule has 0 bridgehead atoms. The van der Waals surface area contributed by atoms with E-state index in [1.165, 1.54) is 0 Å². The number of likely N-dealkylation sites (tertiary alicyclic amines) is 1. The molecule has 3 N–H and O–H groups in total. The minimum atomic E-state index is -0.196. The molecule has 2 rings (SSSR count). The van der Waals surface area contributed by atoms with E-state index in [1.807, 2.05) is 0 Å². The summed E-state index contributed by atoms with van der Waals surface area (Å²) in [5, 5.41) is 11.8. The van der Waals surface area contributed by atoms with Crippen LogP contribution in [0.2, 0.25) is 0 Å². The van der Waals surface area contributed by atoms with Crippen molar-refractivity contribution in [1.82, 2.24) is 4.90 Å². The van der Waals surface area contributed by atoms with Crippen LogP contribution < -0.4 is 5.73 Å². The molecule has 2 aliphatic heterocycles. The van der Waals surface area contributed by atoms with E-state index in [9.17, 15) is 4.79 Å². The fourth-order valence-electron chi connectivity index (χ4n) is 2.36. The van der Waals surface area contributed by atoms with Crippen LogP contribution in [0.3, 0.4) is 0 Å². The number of carbonyl (C=O) groups excluding carboxylic acids is 1. The van der Waals surface area contributed by atoms with E-state index in [0.29, 0.717) is 0 Å². The van der Waals surface area contributed by atoms with Gasteiger partial charge in [0.1, 0.15) is 0 Å². The standard InChI is InChI=1S/C10H17N3O2S/c11-9(12-15)7-3-1-5-13(7)10(14)8-4-2-6-16-8/h7-8,15H,1-6H2,(H2,11,12). The number of nitrogens with two attached hydrogens (primary N) is 1. The third-order valence-electron chi connectivity index (χ3n) is 3.20. The lowest BCUT2D eigenvalue weighted by atomic mass is 10.2. The van der Waals surface area contributed by atoms with Crippen LogP contribution in [0.4, 0.5) is 0 Å². The van der Waals surface area contributed by atoms with Gasteiger partial charge >= 0.3 is 0 Å². The highest BCUT2D eigenvalue weighted by Crippen LogP contribution is 2.30. The van der Waals surface area contributed by atoms with Gasteiger partial charge in [0, 0.05) is 6.54 Å². The van der Waals surface area contributed by atoms with Crippen molar-refractivity contribution in [3.8, 4) is 0 Å². The smallest absolute Gasteiger partial charge is 0.236 e. The number of rotatable bonds is 2. The summed E-state index contributed by atoms with van der Waals surface area (Å²) in [6, 6.07) is -0.196. The summed E-state index contributed by atoms with van der Waals surface area (Å²) in [7, 11) is 0. The summed E-state index contributed by atoms with van der Waals surface area (Å²) in [6.45, 7) is 0.733. The van der Waals surface area contributed by atoms with Crippen molar-refractivity contribution in [2.45, 2.75) is 37.0 Å². The predicted octanol–water partition coefficient (Wildman–Crippen LogP) is 0.619. The van der Waals surface area contributed by atoms with Gasteiger partial charge in [-0.05, 0) is 31.4 Å². The second-order valence-corrected chi connectivity index (χ2v) is 5.53. The molecule has 0 aromatic rings. The van der Waals surface area contributed by atoms with Gasteiger partial charge in [-0.15, -0.1) is 11.8 Å². The monoisotopic (exact) mass is 243 g/mol. The Hall–Kier alpha value is -0.910. The van der Waals surface area contributed by atoms with Crippen molar-refractivity contribution in [3.63, 3.8) is 0 Å². The topological polar surface area (TPSA) is 78.9 Å². The second-order valence-electron chi connectivity index (χ2n) is 4.22. The fraction of sp³-hybridized carbons (Fsp3) is 0.800. The van der Waals surface area contributed by atoms with Gasteiger partial charge in [0.2, 0.25) is 5.91 Å². The Kier molecular flexibility index (Phi) is 3.58. The molecule has 1 amide bonds. The number of nitrogens with zero attached hydrogens (tertiary/aromatic N) is 2. The first-order valence-corrected chi connectivity index (χ1v) is 6.68. The Morgan fingerprint density at radius 2 is 2.25 bits per heavy atom. The lowest BCUT2D eigenvalue weighted by molar-refractivity contribution is -0.130. The zero-order chi connectivity index (χ0) is 11.5. The van der Waals surface area contributed by atoms with Gasteiger partial charge in [0.25, 0.3) is 0 Å². The van der Waals surface area contributed by atoms with Crippen molar-refractivity contribution < 1.29 is 10.0 Å². The molecule has 0 aromatic carbocycles. The Labute approximate surface area is 99.0 Å². The van der Waals surface area contributed by atoms with Crippen LogP contribution in [-0.4, -0.2) is 45.4 Å². The third kappa shape index (κ3) is 2.11. The molecule has 2 unspecified atom stereocenters. The molecule has 5 nitrogen and oxygen atoms in total. The minimum absolute atomic E-state index is 0.0899. The van der Waals surface area contributed by atoms with E-state index in [-0.39, 0.29) is 23.0 Å². The van der Waals surface area contributed by atoms with Gasteiger partial charge in [0.05, 0.1) is 11.3 Å². The zero-order valence-corrected chi connectivity index (χ0v) is 9.95. The van der Waals surface area contributed by atoms with E-state index < -0.39 is 0 Å². The number of amides is 1. The molecule has 2 heterocycles. The van der Waals surface area contributed by atoms with Gasteiger partial charge in [-0.2, -0.15) is 0 Å². The average Bonchev–Trinajstić information content (AvgIpc) is 2.97. The largest absolute Gasteiger partial charge is 0.409 e. The number of hydrogen-bond donors (Lipinski definition) is 2. The zero-order valence-electron chi connectivity index (χ0n) is 9.13. The summed E-state index contributed by atoms with van der Waals surface area (Å²) in [5.41, 5.74) is 5.60. The summed E-state index contributed by atoms with van der Waals surface area (Å²) in [4.78, 5) is 14.0. The summed E-state index contributed by atoms with van der Waals surface area (Å²) < 4.78 is 0. The normalized spacial score (nSPS) is 31.0. The maximum absolute atomic E-state index is 12.2. The Balaban J connectivity index is 2.04. The molecule has 16 heavy (non-hydrogen) atoms. The van der Waals surface area contributed by atoms with E-state index in [0.717, 1.165) is 38.0 Å². The van der Waals surface area contributed by atoms with Crippen LogP contribution in [0.5, 0.6) is 0 Å². The molecule has 2 atom stereocenters. The lowest BCUT2D eigenvalue weighted by Crippen LogP contribution is -2.46. The highest BCUT2D eigenvalue weighted by molar-refractivity contribution is 8.00. The molecule has 6 heteroatoms. The molecule has 2 saturated heterocycles. The molecular weight excluding hydrogens is 226 g/mol. The van der Waals surface area contributed by atoms with Crippen LogP contribution in [0, 0.1) is 0 Å². The quantitative estimate of drug-likeness (QED) is 0.322. The van der Waals surface area contributed by atoms with Crippen molar-refractivity contribution >= 4 is 23.5 Å². The van der Waals surface area contributed by atoms with Gasteiger partial charge < -0.3 is 15.8 Å². The number of thioether (sulfide) groups is 1. The predicted molar refractivity (Wildman–Crippen MR) is 63.6 cm³/mol. The molecule has 2 fully saturated rings. The van der Waals surface area contributed by atoms with Gasteiger partial charge in [-0.25, -0.2) is 0 Å². The molecule has 0 radical (unpaired) electrons. The van der Waals surface area contributed by atoms with Crippen LogP contribution in [0.25, 0.3) is 0 Å². The highest BCUT2D eigenvalue weighted by atomic mass is 32.2. The lowest BCUT2D eigenvalue weighted by Gasteiger charge is -2.26. The molecular formula is C10H17N3O2S. The Morgan fingerprint density at radius 1 is 1.44 bits per heavy atom. The number of amidine groups is 1. The highest BCUT2D eigenvalue weighted by Gasteiger charge is 2.36. The fourth-order valence-corrected chi connectivity index (χ4v) is 3.59. The molecule has 2 aliphatic rings. The number of hydrogen-bond acceptors (Lipinski definition) is 4. The average molecular weight is 243 g/mol. The SMILES string of the molecule is NC(=NO)C1CCCN1C(=O)C1CCCS1. The number of oxime groups is 1. The van der Waals surface area contributed by atoms with Crippen molar-refractivity contribution in [1.29, 1.82) is 0 Å². The third-order valence-corrected chi connectivity index (χ3v) is 4.56. The Morgan fingerprint density at radius 3 is 2.88 bits per heavy atom. The van der Waals surface area contributed by atoms with E-state index >= 15 is 0 Å². The van der Waals surface area contributed by atoms with Crippen LogP contribution in [0.1, 0.15) is 25.7 Å². The minimum Gasteiger partial charge on any atom is -0.409 e. The summed E-state index contributed by atoms with van der Waals surface area (Å²) in [6.07, 6.45) is 3.81. The first-order valence-electron chi connectivity index (χ1n) is 5.63. The van der Waals surface area contributed by atoms with E-state index in [2.05, 4.69) is 5.16 Å². The maximum atomic E-state index is 12.2. The number of carbonyl (C=O) groups is 1. The summed E-state index contributed by atoms with van der Waals surface area (Å²) >= 11 is 1.72. The first-order chi connectivity index (χ1) is 7.74. The second kappa shape index (κ2) is 4.95.